The molecule has 2 rings (SSSR count). The van der Waals surface area contributed by atoms with Crippen molar-refractivity contribution in [2.45, 2.75) is 127 Å². The van der Waals surface area contributed by atoms with Gasteiger partial charge in [-0.3, -0.25) is 0 Å². The summed E-state index contributed by atoms with van der Waals surface area (Å²) in [6, 6.07) is 0.724. The Labute approximate surface area is 173 Å². The van der Waals surface area contributed by atoms with Crippen LogP contribution in [0.5, 0.6) is 0 Å². The van der Waals surface area contributed by atoms with Crippen molar-refractivity contribution >= 4 is 0 Å². The van der Waals surface area contributed by atoms with Crippen LogP contribution in [0.25, 0.3) is 0 Å². The Morgan fingerprint density at radius 2 is 1.19 bits per heavy atom. The average molecular weight is 380 g/mol. The molecule has 0 aromatic carbocycles. The second-order valence-corrected chi connectivity index (χ2v) is 12.1. The first-order valence-corrected chi connectivity index (χ1v) is 12.1. The van der Waals surface area contributed by atoms with Gasteiger partial charge in [0, 0.05) is 6.04 Å². The van der Waals surface area contributed by atoms with Crippen LogP contribution in [0.4, 0.5) is 0 Å². The van der Waals surface area contributed by atoms with Crippen molar-refractivity contribution in [1.29, 1.82) is 0 Å². The number of piperidine rings is 1. The van der Waals surface area contributed by atoms with Gasteiger partial charge in [0.1, 0.15) is 0 Å². The molecule has 0 radical (unpaired) electrons. The van der Waals surface area contributed by atoms with Gasteiger partial charge < -0.3 is 4.90 Å². The van der Waals surface area contributed by atoms with Crippen LogP contribution in [-0.4, -0.2) is 24.0 Å². The lowest BCUT2D eigenvalue weighted by Crippen LogP contribution is -2.51. The van der Waals surface area contributed by atoms with E-state index in [1.54, 1.807) is 0 Å². The Kier molecular flexibility index (Phi) is 8.50. The molecule has 1 saturated heterocycles. The Morgan fingerprint density at radius 1 is 0.741 bits per heavy atom. The van der Waals surface area contributed by atoms with E-state index < -0.39 is 0 Å². The average Bonchev–Trinajstić information content (AvgIpc) is 2.55. The summed E-state index contributed by atoms with van der Waals surface area (Å²) in [6.07, 6.45) is 10.1. The zero-order valence-corrected chi connectivity index (χ0v) is 21.0. The lowest BCUT2D eigenvalue weighted by Gasteiger charge is -2.59. The molecule has 0 aromatic heterocycles. The van der Waals surface area contributed by atoms with Gasteiger partial charge in [-0.2, -0.15) is 0 Å². The van der Waals surface area contributed by atoms with E-state index in [4.69, 9.17) is 0 Å². The Balaban J connectivity index is 0.00000176. The number of hydrogen-bond acceptors (Lipinski definition) is 1. The van der Waals surface area contributed by atoms with Gasteiger partial charge in [-0.05, 0) is 99.5 Å². The number of rotatable bonds is 4. The maximum Gasteiger partial charge on any atom is 0.00385 e. The standard InChI is InChI=1S/C24H47N.C2H6/c1-19(2)24(22(8,9)18-21(5,6)7)12-10-23(11-13-24)14-16-25(17-15-23)20(3)4;1-2/h19-20H,10-18H2,1-9H3;1-2H3. The van der Waals surface area contributed by atoms with Gasteiger partial charge in [-0.25, -0.2) is 0 Å². The molecule has 1 saturated carbocycles. The number of nitrogens with zero attached hydrogens (tertiary/aromatic N) is 1. The summed E-state index contributed by atoms with van der Waals surface area (Å²) in [5, 5.41) is 0. The minimum Gasteiger partial charge on any atom is -0.301 e. The van der Waals surface area contributed by atoms with Gasteiger partial charge in [-0.15, -0.1) is 0 Å². The summed E-state index contributed by atoms with van der Waals surface area (Å²) < 4.78 is 0. The third kappa shape index (κ3) is 5.74. The minimum absolute atomic E-state index is 0.420. The van der Waals surface area contributed by atoms with Crippen LogP contribution in [0.1, 0.15) is 121 Å². The molecule has 1 aliphatic heterocycles. The molecule has 2 aliphatic rings. The van der Waals surface area contributed by atoms with Gasteiger partial charge in [0.2, 0.25) is 0 Å². The fraction of sp³-hybridized carbons (Fsp3) is 1.00. The van der Waals surface area contributed by atoms with E-state index in [1.807, 2.05) is 13.8 Å². The lowest BCUT2D eigenvalue weighted by atomic mass is 9.47. The molecule has 27 heavy (non-hydrogen) atoms. The molecule has 0 amide bonds. The van der Waals surface area contributed by atoms with Crippen molar-refractivity contribution < 1.29 is 0 Å². The molecular weight excluding hydrogens is 326 g/mol. The van der Waals surface area contributed by atoms with Crippen molar-refractivity contribution in [3.8, 4) is 0 Å². The molecule has 1 aliphatic carbocycles. The van der Waals surface area contributed by atoms with Crippen molar-refractivity contribution in [3.63, 3.8) is 0 Å². The van der Waals surface area contributed by atoms with Gasteiger partial charge >= 0.3 is 0 Å². The SMILES string of the molecule is CC.CC(C)N1CCC2(CC1)CCC(C(C)C)(C(C)(C)CC(C)(C)C)CC2. The largest absolute Gasteiger partial charge is 0.301 e. The summed E-state index contributed by atoms with van der Waals surface area (Å²) in [4.78, 5) is 2.69. The highest BCUT2D eigenvalue weighted by atomic mass is 15.2. The maximum absolute atomic E-state index is 2.69. The number of hydrogen-bond donors (Lipinski definition) is 0. The molecule has 0 N–H and O–H groups in total. The molecule has 0 aromatic rings. The summed E-state index contributed by atoms with van der Waals surface area (Å²) >= 11 is 0. The van der Waals surface area contributed by atoms with E-state index in [0.29, 0.717) is 21.7 Å². The van der Waals surface area contributed by atoms with Gasteiger partial charge in [-0.1, -0.05) is 62.3 Å². The zero-order chi connectivity index (χ0) is 21.1. The van der Waals surface area contributed by atoms with E-state index in [0.717, 1.165) is 12.0 Å². The van der Waals surface area contributed by atoms with E-state index >= 15 is 0 Å². The normalized spacial score (nSPS) is 23.4. The molecular formula is C26H53N. The predicted octanol–water partition coefficient (Wildman–Crippen LogP) is 8.18. The van der Waals surface area contributed by atoms with Gasteiger partial charge in [0.05, 0.1) is 0 Å². The second-order valence-electron chi connectivity index (χ2n) is 12.1. The topological polar surface area (TPSA) is 3.24 Å². The van der Waals surface area contributed by atoms with E-state index in [2.05, 4.69) is 67.2 Å². The first kappa shape index (κ1) is 25.0. The summed E-state index contributed by atoms with van der Waals surface area (Å²) in [6.45, 7) is 28.8. The third-order valence-corrected chi connectivity index (χ3v) is 8.22. The fourth-order valence-electron chi connectivity index (χ4n) is 6.78. The van der Waals surface area contributed by atoms with Gasteiger partial charge in [0.25, 0.3) is 0 Å². The molecule has 1 nitrogen and oxygen atoms in total. The highest BCUT2D eigenvalue weighted by Gasteiger charge is 2.53. The van der Waals surface area contributed by atoms with Crippen molar-refractivity contribution in [2.75, 3.05) is 13.1 Å². The summed E-state index contributed by atoms with van der Waals surface area (Å²) in [7, 11) is 0. The molecule has 1 heterocycles. The lowest BCUT2D eigenvalue weighted by molar-refractivity contribution is -0.0867. The number of likely N-dealkylation sites (tertiary alicyclic amines) is 1. The second kappa shape index (κ2) is 9.19. The highest BCUT2D eigenvalue weighted by Crippen LogP contribution is 2.62. The molecule has 0 unspecified atom stereocenters. The monoisotopic (exact) mass is 379 g/mol. The van der Waals surface area contributed by atoms with Gasteiger partial charge in [0.15, 0.2) is 0 Å². The van der Waals surface area contributed by atoms with Crippen LogP contribution >= 0.6 is 0 Å². The van der Waals surface area contributed by atoms with E-state index in [-0.39, 0.29) is 0 Å². The van der Waals surface area contributed by atoms with E-state index in [9.17, 15) is 0 Å². The minimum atomic E-state index is 0.420. The molecule has 2 fully saturated rings. The summed E-state index contributed by atoms with van der Waals surface area (Å²) in [5.74, 6) is 0.790. The molecule has 1 spiro atoms. The van der Waals surface area contributed by atoms with Crippen LogP contribution in [0.15, 0.2) is 0 Å². The van der Waals surface area contributed by atoms with E-state index in [1.165, 1.54) is 58.0 Å². The van der Waals surface area contributed by atoms with Crippen LogP contribution in [0.3, 0.4) is 0 Å². The maximum atomic E-state index is 2.69. The predicted molar refractivity (Wildman–Crippen MR) is 123 cm³/mol. The van der Waals surface area contributed by atoms with Crippen LogP contribution in [0, 0.1) is 27.6 Å². The molecule has 1 heteroatoms. The van der Waals surface area contributed by atoms with Crippen LogP contribution in [0.2, 0.25) is 0 Å². The Morgan fingerprint density at radius 3 is 1.52 bits per heavy atom. The Hall–Kier alpha value is -0.0400. The van der Waals surface area contributed by atoms with Crippen LogP contribution in [-0.2, 0) is 0 Å². The first-order valence-electron chi connectivity index (χ1n) is 12.1. The third-order valence-electron chi connectivity index (χ3n) is 8.22. The Bertz CT molecular complexity index is 420. The van der Waals surface area contributed by atoms with Crippen molar-refractivity contribution in [1.82, 2.24) is 4.90 Å². The zero-order valence-electron chi connectivity index (χ0n) is 21.0. The molecule has 0 atom stereocenters. The summed E-state index contributed by atoms with van der Waals surface area (Å²) in [5.41, 5.74) is 2.05. The van der Waals surface area contributed by atoms with Crippen molar-refractivity contribution in [2.24, 2.45) is 27.6 Å². The quantitative estimate of drug-likeness (QED) is 0.476. The molecule has 0 bridgehead atoms. The highest BCUT2D eigenvalue weighted by molar-refractivity contribution is 5.03. The fourth-order valence-corrected chi connectivity index (χ4v) is 6.78. The van der Waals surface area contributed by atoms with Crippen LogP contribution < -0.4 is 0 Å². The smallest absolute Gasteiger partial charge is 0.00385 e. The first-order chi connectivity index (χ1) is 12.3. The molecule has 162 valence electrons. The van der Waals surface area contributed by atoms with Crippen molar-refractivity contribution in [3.05, 3.63) is 0 Å².